The number of rotatable bonds is 5. The van der Waals surface area contributed by atoms with Crippen LogP contribution in [0, 0.1) is 11.3 Å². The second-order valence-corrected chi connectivity index (χ2v) is 12.1. The summed E-state index contributed by atoms with van der Waals surface area (Å²) < 4.78 is 23.2. The molecule has 1 heterocycles. The van der Waals surface area contributed by atoms with Gasteiger partial charge in [0, 0.05) is 35.1 Å². The van der Waals surface area contributed by atoms with Gasteiger partial charge in [0.25, 0.3) is 5.91 Å². The Kier molecular flexibility index (Phi) is 6.74. The molecule has 10 heteroatoms. The molecule has 3 unspecified atom stereocenters. The minimum Gasteiger partial charge on any atom is -0.384 e. The molecular formula is C25H30ClN3O5S. The van der Waals surface area contributed by atoms with E-state index in [-0.39, 0.29) is 28.3 Å². The van der Waals surface area contributed by atoms with E-state index in [1.54, 1.807) is 17.0 Å². The first-order valence-corrected chi connectivity index (χ1v) is 13.5. The first-order valence-electron chi connectivity index (χ1n) is 11.5. The summed E-state index contributed by atoms with van der Waals surface area (Å²) in [5, 5.41) is 20.2. The van der Waals surface area contributed by atoms with E-state index in [4.69, 9.17) is 16.7 Å². The van der Waals surface area contributed by atoms with Gasteiger partial charge in [-0.15, -0.1) is 0 Å². The number of likely N-dealkylation sites (tertiary alicyclic amines) is 1. The van der Waals surface area contributed by atoms with Gasteiger partial charge >= 0.3 is 0 Å². The number of nitrogens with zero attached hydrogens (tertiary/aromatic N) is 1. The van der Waals surface area contributed by atoms with Crippen molar-refractivity contribution in [3.63, 3.8) is 0 Å². The SMILES string of the molecule is CC1(C)CN(C(=O)C2CCC2NC(=O)c2cccc(S(N)(=O)=O)c2)CCC1(O)c1ccc(Cl)cc1. The van der Waals surface area contributed by atoms with Crippen molar-refractivity contribution < 1.29 is 23.1 Å². The van der Waals surface area contributed by atoms with Crippen LogP contribution in [-0.2, 0) is 20.4 Å². The highest BCUT2D eigenvalue weighted by molar-refractivity contribution is 7.89. The minimum absolute atomic E-state index is 0.0499. The van der Waals surface area contributed by atoms with E-state index in [9.17, 15) is 23.1 Å². The van der Waals surface area contributed by atoms with E-state index in [2.05, 4.69) is 5.32 Å². The molecule has 0 spiro atoms. The zero-order chi connectivity index (χ0) is 25.6. The van der Waals surface area contributed by atoms with Crippen molar-refractivity contribution in [1.29, 1.82) is 0 Å². The fraction of sp³-hybridized carbons (Fsp3) is 0.440. The van der Waals surface area contributed by atoms with Crippen molar-refractivity contribution in [1.82, 2.24) is 10.2 Å². The maximum absolute atomic E-state index is 13.4. The number of aliphatic hydroxyl groups is 1. The van der Waals surface area contributed by atoms with Crippen LogP contribution in [0.2, 0.25) is 5.02 Å². The fourth-order valence-corrected chi connectivity index (χ4v) is 5.73. The maximum atomic E-state index is 13.4. The number of benzene rings is 2. The highest BCUT2D eigenvalue weighted by Gasteiger charge is 2.51. The molecule has 8 nitrogen and oxygen atoms in total. The van der Waals surface area contributed by atoms with Gasteiger partial charge < -0.3 is 15.3 Å². The molecule has 4 N–H and O–H groups in total. The third-order valence-corrected chi connectivity index (χ3v) is 8.58. The molecule has 2 aromatic rings. The summed E-state index contributed by atoms with van der Waals surface area (Å²) in [6.07, 6.45) is 1.69. The topological polar surface area (TPSA) is 130 Å². The quantitative estimate of drug-likeness (QED) is 0.559. The number of piperidine rings is 1. The molecule has 3 atom stereocenters. The van der Waals surface area contributed by atoms with Crippen LogP contribution >= 0.6 is 11.6 Å². The number of hydrogen-bond donors (Lipinski definition) is 3. The summed E-state index contributed by atoms with van der Waals surface area (Å²) in [5.74, 6) is -0.863. The summed E-state index contributed by atoms with van der Waals surface area (Å²) in [4.78, 5) is 27.7. The highest BCUT2D eigenvalue weighted by Crippen LogP contribution is 2.47. The molecule has 1 saturated carbocycles. The van der Waals surface area contributed by atoms with E-state index in [1.165, 1.54) is 24.3 Å². The fourth-order valence-electron chi connectivity index (χ4n) is 5.04. The Morgan fingerprint density at radius 2 is 1.83 bits per heavy atom. The number of carbonyl (C=O) groups excluding carboxylic acids is 2. The van der Waals surface area contributed by atoms with Crippen LogP contribution in [0.4, 0.5) is 0 Å². The van der Waals surface area contributed by atoms with Gasteiger partial charge in [0.1, 0.15) is 0 Å². The predicted octanol–water partition coefficient (Wildman–Crippen LogP) is 2.64. The molecule has 0 radical (unpaired) electrons. The van der Waals surface area contributed by atoms with E-state index in [1.807, 2.05) is 26.0 Å². The van der Waals surface area contributed by atoms with Crippen LogP contribution < -0.4 is 10.5 Å². The Bertz CT molecular complexity index is 1250. The second kappa shape index (κ2) is 9.20. The van der Waals surface area contributed by atoms with Gasteiger partial charge in [-0.2, -0.15) is 0 Å². The number of nitrogens with two attached hydrogens (primary N) is 1. The largest absolute Gasteiger partial charge is 0.384 e. The second-order valence-electron chi connectivity index (χ2n) is 10.1. The normalized spacial score (nSPS) is 26.0. The van der Waals surface area contributed by atoms with Crippen molar-refractivity contribution in [2.24, 2.45) is 16.5 Å². The van der Waals surface area contributed by atoms with Gasteiger partial charge in [0.05, 0.1) is 16.4 Å². The van der Waals surface area contributed by atoms with E-state index in [0.29, 0.717) is 37.4 Å². The lowest BCUT2D eigenvalue weighted by atomic mass is 9.66. The number of halogens is 1. The van der Waals surface area contributed by atoms with Crippen LogP contribution in [-0.4, -0.2) is 49.4 Å². The molecule has 4 rings (SSSR count). The van der Waals surface area contributed by atoms with Gasteiger partial charge in [-0.3, -0.25) is 9.59 Å². The molecule has 35 heavy (non-hydrogen) atoms. The number of amides is 2. The van der Waals surface area contributed by atoms with Crippen molar-refractivity contribution in [2.75, 3.05) is 13.1 Å². The maximum Gasteiger partial charge on any atom is 0.251 e. The average Bonchev–Trinajstić information content (AvgIpc) is 2.78. The highest BCUT2D eigenvalue weighted by atomic mass is 35.5. The summed E-state index contributed by atoms with van der Waals surface area (Å²) in [5.41, 5.74) is -0.766. The van der Waals surface area contributed by atoms with Crippen molar-refractivity contribution in [3.05, 3.63) is 64.7 Å². The summed E-state index contributed by atoms with van der Waals surface area (Å²) in [6, 6.07) is 12.3. The minimum atomic E-state index is -3.93. The van der Waals surface area contributed by atoms with Crippen LogP contribution in [0.1, 0.15) is 49.0 Å². The Morgan fingerprint density at radius 3 is 2.40 bits per heavy atom. The number of primary sulfonamides is 1. The smallest absolute Gasteiger partial charge is 0.251 e. The molecule has 1 saturated heterocycles. The van der Waals surface area contributed by atoms with Gasteiger partial charge in [-0.1, -0.05) is 43.6 Å². The van der Waals surface area contributed by atoms with Crippen molar-refractivity contribution in [3.8, 4) is 0 Å². The number of hydrogen-bond acceptors (Lipinski definition) is 5. The van der Waals surface area contributed by atoms with Gasteiger partial charge in [-0.05, 0) is 55.2 Å². The van der Waals surface area contributed by atoms with E-state index < -0.39 is 26.9 Å². The standard InChI is InChI=1S/C25H30ClN3O5S/c1-24(2)15-29(13-12-25(24,32)17-6-8-18(26)9-7-17)23(31)20-10-11-21(20)28-22(30)16-4-3-5-19(14-16)35(27,33)34/h3-9,14,20-21,32H,10-13,15H2,1-2H3,(H,28,30)(H2,27,33,34). The van der Waals surface area contributed by atoms with Gasteiger partial charge in [0.15, 0.2) is 0 Å². The predicted molar refractivity (Wildman–Crippen MR) is 132 cm³/mol. The van der Waals surface area contributed by atoms with Gasteiger partial charge in [-0.25, -0.2) is 13.6 Å². The molecular weight excluding hydrogens is 490 g/mol. The van der Waals surface area contributed by atoms with Crippen molar-refractivity contribution >= 4 is 33.4 Å². The molecule has 2 aromatic carbocycles. The third-order valence-electron chi connectivity index (χ3n) is 7.42. The van der Waals surface area contributed by atoms with Crippen LogP contribution in [0.15, 0.2) is 53.4 Å². The molecule has 2 fully saturated rings. The van der Waals surface area contributed by atoms with Crippen molar-refractivity contribution in [2.45, 2.75) is 49.6 Å². The number of sulfonamides is 1. The average molecular weight is 520 g/mol. The zero-order valence-corrected chi connectivity index (χ0v) is 21.3. The van der Waals surface area contributed by atoms with E-state index >= 15 is 0 Å². The third kappa shape index (κ3) is 4.95. The lowest BCUT2D eigenvalue weighted by Gasteiger charge is -2.52. The molecule has 0 bridgehead atoms. The lowest BCUT2D eigenvalue weighted by Crippen LogP contribution is -2.60. The number of carbonyl (C=O) groups is 2. The van der Waals surface area contributed by atoms with Crippen LogP contribution in [0.25, 0.3) is 0 Å². The Balaban J connectivity index is 1.42. The summed E-state index contributed by atoms with van der Waals surface area (Å²) in [7, 11) is -3.93. The van der Waals surface area contributed by atoms with Crippen LogP contribution in [0.3, 0.4) is 0 Å². The molecule has 2 amide bonds. The Hall–Kier alpha value is -2.46. The Labute approximate surface area is 210 Å². The molecule has 188 valence electrons. The molecule has 1 aliphatic heterocycles. The lowest BCUT2D eigenvalue weighted by molar-refractivity contribution is -0.159. The summed E-state index contributed by atoms with van der Waals surface area (Å²) in [6.45, 7) is 4.66. The van der Waals surface area contributed by atoms with E-state index in [0.717, 1.165) is 5.56 Å². The number of nitrogens with one attached hydrogen (secondary N) is 1. The van der Waals surface area contributed by atoms with Gasteiger partial charge in [0.2, 0.25) is 15.9 Å². The first-order chi connectivity index (χ1) is 16.3. The molecule has 0 aromatic heterocycles. The zero-order valence-electron chi connectivity index (χ0n) is 19.7. The Morgan fingerprint density at radius 1 is 1.14 bits per heavy atom. The van der Waals surface area contributed by atoms with Crippen LogP contribution in [0.5, 0.6) is 0 Å². The molecule has 1 aliphatic carbocycles. The first kappa shape index (κ1) is 25.6. The monoisotopic (exact) mass is 519 g/mol. The summed E-state index contributed by atoms with van der Waals surface area (Å²) >= 11 is 6.01. The molecule has 2 aliphatic rings.